The second-order valence-electron chi connectivity index (χ2n) is 5.54. The summed E-state index contributed by atoms with van der Waals surface area (Å²) in [6.07, 6.45) is 1.32. The van der Waals surface area contributed by atoms with Crippen molar-refractivity contribution in [1.29, 1.82) is 0 Å². The highest BCUT2D eigenvalue weighted by atomic mass is 16.5. The third-order valence-electron chi connectivity index (χ3n) is 3.98. The zero-order valence-corrected chi connectivity index (χ0v) is 13.5. The summed E-state index contributed by atoms with van der Waals surface area (Å²) in [5.41, 5.74) is 2.81. The summed E-state index contributed by atoms with van der Waals surface area (Å²) in [4.78, 5) is 11.7. The molecule has 0 fully saturated rings. The van der Waals surface area contributed by atoms with Gasteiger partial charge in [-0.1, -0.05) is 19.9 Å². The van der Waals surface area contributed by atoms with Crippen molar-refractivity contribution < 1.29 is 19.4 Å². The second-order valence-corrected chi connectivity index (χ2v) is 5.54. The van der Waals surface area contributed by atoms with E-state index < -0.39 is 6.10 Å². The summed E-state index contributed by atoms with van der Waals surface area (Å²) in [6, 6.07) is 3.97. The van der Waals surface area contributed by atoms with E-state index in [0.29, 0.717) is 18.8 Å². The van der Waals surface area contributed by atoms with Gasteiger partial charge in [0.1, 0.15) is 11.9 Å². The fourth-order valence-electron chi connectivity index (χ4n) is 2.74. The molecular formula is C17H25NO4. The monoisotopic (exact) mass is 307 g/mol. The van der Waals surface area contributed by atoms with Gasteiger partial charge in [0, 0.05) is 31.1 Å². The molecule has 22 heavy (non-hydrogen) atoms. The third kappa shape index (κ3) is 3.59. The summed E-state index contributed by atoms with van der Waals surface area (Å²) in [7, 11) is 1.56. The highest BCUT2D eigenvalue weighted by Crippen LogP contribution is 2.39. The molecule has 0 aliphatic carbocycles. The van der Waals surface area contributed by atoms with Gasteiger partial charge in [-0.2, -0.15) is 0 Å². The van der Waals surface area contributed by atoms with Gasteiger partial charge in [0.15, 0.2) is 0 Å². The lowest BCUT2D eigenvalue weighted by Gasteiger charge is -2.30. The molecule has 0 bridgehead atoms. The lowest BCUT2D eigenvalue weighted by atomic mass is 9.92. The van der Waals surface area contributed by atoms with Crippen LogP contribution in [0.4, 0.5) is 0 Å². The van der Waals surface area contributed by atoms with E-state index in [2.05, 4.69) is 18.3 Å². The molecule has 5 nitrogen and oxygen atoms in total. The first-order valence-electron chi connectivity index (χ1n) is 7.86. The van der Waals surface area contributed by atoms with E-state index in [1.165, 1.54) is 0 Å². The van der Waals surface area contributed by atoms with Crippen LogP contribution in [-0.2, 0) is 16.0 Å². The molecule has 1 aliphatic heterocycles. The fraction of sp³-hybridized carbons (Fsp3) is 0.588. The standard InChI is InChI=1S/C17H25NO4/c1-4-11-8-12-14(18-16(20)5-2)6-7-22-17(12)13(9-11)15(19)10-21-3/h8-9,14-15,19H,4-7,10H2,1-3H3,(H,18,20). The summed E-state index contributed by atoms with van der Waals surface area (Å²) in [6.45, 7) is 4.65. The lowest BCUT2D eigenvalue weighted by Crippen LogP contribution is -2.32. The molecule has 122 valence electrons. The molecule has 1 aromatic rings. The first-order chi connectivity index (χ1) is 10.6. The average molecular weight is 307 g/mol. The lowest BCUT2D eigenvalue weighted by molar-refractivity contribution is -0.121. The maximum absolute atomic E-state index is 11.7. The summed E-state index contributed by atoms with van der Waals surface area (Å²) in [5, 5.41) is 13.4. The number of amides is 1. The van der Waals surface area contributed by atoms with Crippen LogP contribution in [-0.4, -0.2) is 31.3 Å². The number of fused-ring (bicyclic) bond motifs is 1. The topological polar surface area (TPSA) is 67.8 Å². The summed E-state index contributed by atoms with van der Waals surface area (Å²) in [5.74, 6) is 0.716. The van der Waals surface area contributed by atoms with Gasteiger partial charge < -0.3 is 19.9 Å². The maximum Gasteiger partial charge on any atom is 0.220 e. The number of methoxy groups -OCH3 is 1. The third-order valence-corrected chi connectivity index (χ3v) is 3.98. The number of nitrogens with one attached hydrogen (secondary N) is 1. The Morgan fingerprint density at radius 1 is 1.50 bits per heavy atom. The molecule has 1 heterocycles. The summed E-state index contributed by atoms with van der Waals surface area (Å²) >= 11 is 0. The highest BCUT2D eigenvalue weighted by molar-refractivity contribution is 5.76. The molecule has 1 amide bonds. The molecule has 2 N–H and O–H groups in total. The Bertz CT molecular complexity index is 530. The van der Waals surface area contributed by atoms with Crippen LogP contribution in [0.2, 0.25) is 0 Å². The van der Waals surface area contributed by atoms with Crippen molar-refractivity contribution in [3.8, 4) is 5.75 Å². The minimum atomic E-state index is -0.731. The van der Waals surface area contributed by atoms with Crippen molar-refractivity contribution >= 4 is 5.91 Å². The van der Waals surface area contributed by atoms with Crippen molar-refractivity contribution in [2.24, 2.45) is 0 Å². The predicted octanol–water partition coefficient (Wildman–Crippen LogP) is 2.28. The van der Waals surface area contributed by atoms with Gasteiger partial charge in [0.05, 0.1) is 19.3 Å². The Labute approximate surface area is 131 Å². The summed E-state index contributed by atoms with van der Waals surface area (Å²) < 4.78 is 10.9. The van der Waals surface area contributed by atoms with E-state index in [1.54, 1.807) is 7.11 Å². The van der Waals surface area contributed by atoms with E-state index >= 15 is 0 Å². The fourth-order valence-corrected chi connectivity index (χ4v) is 2.74. The minimum absolute atomic E-state index is 0.0266. The van der Waals surface area contributed by atoms with E-state index in [4.69, 9.17) is 9.47 Å². The molecule has 0 radical (unpaired) electrons. The van der Waals surface area contributed by atoms with Crippen LogP contribution in [0.1, 0.15) is 55.5 Å². The number of carbonyl (C=O) groups excluding carboxylic acids is 1. The van der Waals surface area contributed by atoms with Crippen molar-refractivity contribution in [3.63, 3.8) is 0 Å². The minimum Gasteiger partial charge on any atom is -0.493 e. The SMILES string of the molecule is CCC(=O)NC1CCOc2c(C(O)COC)cc(CC)cc21. The zero-order chi connectivity index (χ0) is 16.1. The molecule has 0 saturated heterocycles. The van der Waals surface area contributed by atoms with Crippen LogP contribution in [0.3, 0.4) is 0 Å². The van der Waals surface area contributed by atoms with Gasteiger partial charge in [-0.3, -0.25) is 4.79 Å². The first kappa shape index (κ1) is 16.8. The Kier molecular flexibility index (Phi) is 5.80. The van der Waals surface area contributed by atoms with Gasteiger partial charge >= 0.3 is 0 Å². The van der Waals surface area contributed by atoms with E-state index in [1.807, 2.05) is 13.0 Å². The Hall–Kier alpha value is -1.59. The first-order valence-corrected chi connectivity index (χ1v) is 7.86. The normalized spacial score (nSPS) is 18.3. The van der Waals surface area contributed by atoms with Gasteiger partial charge in [-0.15, -0.1) is 0 Å². The van der Waals surface area contributed by atoms with Gasteiger partial charge in [-0.05, 0) is 18.1 Å². The Balaban J connectivity index is 2.41. The zero-order valence-electron chi connectivity index (χ0n) is 13.5. The molecule has 2 unspecified atom stereocenters. The Morgan fingerprint density at radius 2 is 2.27 bits per heavy atom. The van der Waals surface area contributed by atoms with Crippen molar-refractivity contribution in [3.05, 3.63) is 28.8 Å². The van der Waals surface area contributed by atoms with Crippen molar-refractivity contribution in [1.82, 2.24) is 5.32 Å². The molecule has 0 spiro atoms. The highest BCUT2D eigenvalue weighted by Gasteiger charge is 2.27. The number of benzene rings is 1. The van der Waals surface area contributed by atoms with Crippen LogP contribution < -0.4 is 10.1 Å². The number of carbonyl (C=O) groups is 1. The number of aliphatic hydroxyl groups excluding tert-OH is 1. The van der Waals surface area contributed by atoms with Crippen LogP contribution in [0.5, 0.6) is 5.75 Å². The maximum atomic E-state index is 11.7. The predicted molar refractivity (Wildman–Crippen MR) is 83.9 cm³/mol. The molecule has 5 heteroatoms. The van der Waals surface area contributed by atoms with Gasteiger partial charge in [0.25, 0.3) is 0 Å². The number of rotatable bonds is 6. The van der Waals surface area contributed by atoms with Crippen LogP contribution in [0.15, 0.2) is 12.1 Å². The molecule has 2 atom stereocenters. The van der Waals surface area contributed by atoms with E-state index in [0.717, 1.165) is 29.5 Å². The van der Waals surface area contributed by atoms with Gasteiger partial charge in [0.2, 0.25) is 5.91 Å². The molecule has 1 aliphatic rings. The molecule has 0 saturated carbocycles. The number of aryl methyl sites for hydroxylation is 1. The quantitative estimate of drug-likeness (QED) is 0.846. The molecule has 0 aromatic heterocycles. The number of aliphatic hydroxyl groups is 1. The molecule has 2 rings (SSSR count). The number of ether oxygens (including phenoxy) is 2. The smallest absolute Gasteiger partial charge is 0.220 e. The van der Waals surface area contributed by atoms with Crippen LogP contribution >= 0.6 is 0 Å². The van der Waals surface area contributed by atoms with Gasteiger partial charge in [-0.25, -0.2) is 0 Å². The van der Waals surface area contributed by atoms with E-state index in [9.17, 15) is 9.90 Å². The van der Waals surface area contributed by atoms with Crippen molar-refractivity contribution in [2.45, 2.75) is 45.3 Å². The largest absolute Gasteiger partial charge is 0.493 e. The number of hydrogen-bond donors (Lipinski definition) is 2. The van der Waals surface area contributed by atoms with Crippen LogP contribution in [0.25, 0.3) is 0 Å². The van der Waals surface area contributed by atoms with E-state index in [-0.39, 0.29) is 18.6 Å². The second kappa shape index (κ2) is 7.61. The molecular weight excluding hydrogens is 282 g/mol. The average Bonchev–Trinajstić information content (AvgIpc) is 2.54. The van der Waals surface area contributed by atoms with Crippen molar-refractivity contribution in [2.75, 3.05) is 20.3 Å². The Morgan fingerprint density at radius 3 is 2.91 bits per heavy atom. The number of hydrogen-bond acceptors (Lipinski definition) is 4. The molecule has 1 aromatic carbocycles. The van der Waals surface area contributed by atoms with Crippen LogP contribution in [0, 0.1) is 0 Å².